The average Bonchev–Trinajstić information content (AvgIpc) is 2.74. The van der Waals surface area contributed by atoms with E-state index in [1.165, 1.54) is 0 Å². The summed E-state index contributed by atoms with van der Waals surface area (Å²) in [5.74, 6) is -0.660. The summed E-state index contributed by atoms with van der Waals surface area (Å²) in [6.45, 7) is 19.5. The molecule has 1 aromatic carbocycles. The Hall–Kier alpha value is -2.57. The molecule has 0 bridgehead atoms. The molecule has 3 unspecified atom stereocenters. The first-order valence-electron chi connectivity index (χ1n) is 13.3. The maximum absolute atomic E-state index is 14.2. The van der Waals surface area contributed by atoms with Crippen LogP contribution in [0.15, 0.2) is 24.3 Å². The van der Waals surface area contributed by atoms with E-state index in [2.05, 4.69) is 17.6 Å². The number of carbonyl (C=O) groups is 3. The van der Waals surface area contributed by atoms with Crippen LogP contribution in [0.5, 0.6) is 0 Å². The lowest BCUT2D eigenvalue weighted by Gasteiger charge is -2.37. The molecule has 7 heteroatoms. The first kappa shape index (κ1) is 31.5. The third-order valence-electron chi connectivity index (χ3n) is 5.98. The van der Waals surface area contributed by atoms with Crippen LogP contribution in [-0.2, 0) is 14.3 Å². The van der Waals surface area contributed by atoms with Gasteiger partial charge in [-0.15, -0.1) is 0 Å². The quantitative estimate of drug-likeness (QED) is 0.368. The van der Waals surface area contributed by atoms with Crippen LogP contribution in [0.1, 0.15) is 105 Å². The van der Waals surface area contributed by atoms with Gasteiger partial charge in [0.1, 0.15) is 17.7 Å². The van der Waals surface area contributed by atoms with Crippen molar-refractivity contribution in [3.05, 3.63) is 35.4 Å². The van der Waals surface area contributed by atoms with Crippen molar-refractivity contribution in [3.63, 3.8) is 0 Å². The van der Waals surface area contributed by atoms with Crippen molar-refractivity contribution in [1.82, 2.24) is 15.5 Å². The van der Waals surface area contributed by atoms with Crippen LogP contribution in [0.3, 0.4) is 0 Å². The average molecular weight is 504 g/mol. The van der Waals surface area contributed by atoms with Gasteiger partial charge in [0.2, 0.25) is 11.8 Å². The number of rotatable bonds is 11. The van der Waals surface area contributed by atoms with Gasteiger partial charge in [-0.25, -0.2) is 4.79 Å². The van der Waals surface area contributed by atoms with Crippen LogP contribution in [0.2, 0.25) is 0 Å². The van der Waals surface area contributed by atoms with Crippen molar-refractivity contribution in [2.75, 3.05) is 6.54 Å². The van der Waals surface area contributed by atoms with Crippen molar-refractivity contribution in [2.24, 2.45) is 5.92 Å². The molecule has 0 aromatic heterocycles. The van der Waals surface area contributed by atoms with Crippen LogP contribution in [0.4, 0.5) is 4.79 Å². The Bertz CT molecular complexity index is 870. The minimum atomic E-state index is -0.819. The summed E-state index contributed by atoms with van der Waals surface area (Å²) in [5, 5.41) is 5.90. The van der Waals surface area contributed by atoms with Gasteiger partial charge >= 0.3 is 6.09 Å². The number of alkyl carbamates (subject to hydrolysis) is 1. The van der Waals surface area contributed by atoms with Crippen molar-refractivity contribution >= 4 is 17.9 Å². The molecule has 7 nitrogen and oxygen atoms in total. The van der Waals surface area contributed by atoms with Gasteiger partial charge in [0.05, 0.1) is 0 Å². The third-order valence-corrected chi connectivity index (χ3v) is 5.98. The molecule has 0 saturated heterocycles. The van der Waals surface area contributed by atoms with Crippen LogP contribution < -0.4 is 10.6 Å². The van der Waals surface area contributed by atoms with Crippen LogP contribution in [0.25, 0.3) is 0 Å². The standard InChI is InChI=1S/C29H49N3O4/c1-11-13-16-19-32(26(34)23(20(3)12-2)30-27(35)36-29(8,9)10)24(25(33)31-28(5,6)7)22-18-15-14-17-21(22)4/h14-15,17-18,20,23-24H,11-13,16,19H2,1-10H3,(H,30,35)(H,31,33). The smallest absolute Gasteiger partial charge is 0.408 e. The van der Waals surface area contributed by atoms with E-state index in [0.29, 0.717) is 13.0 Å². The summed E-state index contributed by atoms with van der Waals surface area (Å²) in [6, 6.07) is 6.03. The number of ether oxygens (including phenoxy) is 1. The fourth-order valence-corrected chi connectivity index (χ4v) is 3.98. The lowest BCUT2D eigenvalue weighted by Crippen LogP contribution is -2.56. The van der Waals surface area contributed by atoms with Gasteiger partial charge in [-0.2, -0.15) is 0 Å². The predicted octanol–water partition coefficient (Wildman–Crippen LogP) is 5.91. The maximum Gasteiger partial charge on any atom is 0.408 e. The second kappa shape index (κ2) is 13.7. The highest BCUT2D eigenvalue weighted by Crippen LogP contribution is 2.28. The summed E-state index contributed by atoms with van der Waals surface area (Å²) in [5.41, 5.74) is 0.551. The SMILES string of the molecule is CCCCCN(C(=O)C(NC(=O)OC(C)(C)C)C(C)CC)C(C(=O)NC(C)(C)C)c1ccccc1C. The molecule has 0 radical (unpaired) electrons. The van der Waals surface area contributed by atoms with E-state index in [1.807, 2.05) is 65.8 Å². The minimum absolute atomic E-state index is 0.151. The summed E-state index contributed by atoms with van der Waals surface area (Å²) in [7, 11) is 0. The molecule has 36 heavy (non-hydrogen) atoms. The van der Waals surface area contributed by atoms with E-state index in [1.54, 1.807) is 25.7 Å². The van der Waals surface area contributed by atoms with Crippen molar-refractivity contribution < 1.29 is 19.1 Å². The van der Waals surface area contributed by atoms with Crippen molar-refractivity contribution in [1.29, 1.82) is 0 Å². The van der Waals surface area contributed by atoms with Gasteiger partial charge in [0.25, 0.3) is 0 Å². The molecule has 0 heterocycles. The minimum Gasteiger partial charge on any atom is -0.444 e. The molecule has 1 aromatic rings. The Balaban J connectivity index is 3.56. The Morgan fingerprint density at radius 3 is 2.11 bits per heavy atom. The number of hydrogen-bond acceptors (Lipinski definition) is 4. The van der Waals surface area contributed by atoms with E-state index in [4.69, 9.17) is 4.74 Å². The molecule has 0 fully saturated rings. The Morgan fingerprint density at radius 2 is 1.61 bits per heavy atom. The number of carbonyl (C=O) groups excluding carboxylic acids is 3. The second-order valence-corrected chi connectivity index (χ2v) is 11.7. The molecule has 1 rings (SSSR count). The van der Waals surface area contributed by atoms with Gasteiger partial charge < -0.3 is 20.3 Å². The highest BCUT2D eigenvalue weighted by molar-refractivity contribution is 5.92. The fourth-order valence-electron chi connectivity index (χ4n) is 3.98. The maximum atomic E-state index is 14.2. The number of benzene rings is 1. The highest BCUT2D eigenvalue weighted by Gasteiger charge is 2.39. The van der Waals surface area contributed by atoms with Crippen LogP contribution in [-0.4, -0.2) is 46.5 Å². The molecule has 0 aliphatic rings. The molecule has 0 spiro atoms. The highest BCUT2D eigenvalue weighted by atomic mass is 16.6. The number of amides is 3. The van der Waals surface area contributed by atoms with E-state index < -0.39 is 29.3 Å². The number of unbranched alkanes of at least 4 members (excludes halogenated alkanes) is 2. The molecule has 0 aliphatic heterocycles. The summed E-state index contributed by atoms with van der Waals surface area (Å²) in [4.78, 5) is 42.3. The molecule has 3 amide bonds. The summed E-state index contributed by atoms with van der Waals surface area (Å²) in [6.07, 6.45) is 2.71. The number of nitrogens with zero attached hydrogens (tertiary/aromatic N) is 1. The Morgan fingerprint density at radius 1 is 1.00 bits per heavy atom. The van der Waals surface area contributed by atoms with Crippen molar-refractivity contribution in [3.8, 4) is 0 Å². The molecular formula is C29H49N3O4. The number of nitrogens with one attached hydrogen (secondary N) is 2. The summed E-state index contributed by atoms with van der Waals surface area (Å²) >= 11 is 0. The topological polar surface area (TPSA) is 87.7 Å². The first-order valence-corrected chi connectivity index (χ1v) is 13.3. The zero-order chi connectivity index (χ0) is 27.7. The van der Waals surface area contributed by atoms with Crippen molar-refractivity contribution in [2.45, 2.75) is 118 Å². The summed E-state index contributed by atoms with van der Waals surface area (Å²) < 4.78 is 5.47. The third kappa shape index (κ3) is 10.2. The zero-order valence-corrected chi connectivity index (χ0v) is 24.2. The van der Waals surface area contributed by atoms with E-state index in [0.717, 1.165) is 30.4 Å². The number of aryl methyl sites for hydroxylation is 1. The normalized spacial score (nSPS) is 14.4. The van der Waals surface area contributed by atoms with Crippen LogP contribution in [0, 0.1) is 12.8 Å². The molecule has 0 saturated carbocycles. The molecule has 3 atom stereocenters. The fraction of sp³-hybridized carbons (Fsp3) is 0.690. The largest absolute Gasteiger partial charge is 0.444 e. The first-order chi connectivity index (χ1) is 16.6. The van der Waals surface area contributed by atoms with Gasteiger partial charge in [-0.3, -0.25) is 9.59 Å². The van der Waals surface area contributed by atoms with Gasteiger partial charge in [0.15, 0.2) is 0 Å². The zero-order valence-electron chi connectivity index (χ0n) is 24.2. The lowest BCUT2D eigenvalue weighted by atomic mass is 9.93. The van der Waals surface area contributed by atoms with Gasteiger partial charge in [0, 0.05) is 12.1 Å². The Labute approximate surface area is 218 Å². The van der Waals surface area contributed by atoms with E-state index in [-0.39, 0.29) is 17.7 Å². The van der Waals surface area contributed by atoms with E-state index in [9.17, 15) is 14.4 Å². The monoisotopic (exact) mass is 503 g/mol. The Kier molecular flexibility index (Phi) is 11.9. The molecule has 0 aliphatic carbocycles. The molecular weight excluding hydrogens is 454 g/mol. The lowest BCUT2D eigenvalue weighted by molar-refractivity contribution is -0.144. The van der Waals surface area contributed by atoms with Crippen LogP contribution >= 0.6 is 0 Å². The second-order valence-electron chi connectivity index (χ2n) is 11.7. The van der Waals surface area contributed by atoms with Gasteiger partial charge in [-0.1, -0.05) is 64.3 Å². The van der Waals surface area contributed by atoms with E-state index >= 15 is 0 Å². The van der Waals surface area contributed by atoms with Gasteiger partial charge in [-0.05, 0) is 71.9 Å². The molecule has 2 N–H and O–H groups in total. The predicted molar refractivity (Wildman–Crippen MR) is 146 cm³/mol. The molecule has 204 valence electrons. The number of hydrogen-bond donors (Lipinski definition) is 2.